The summed E-state index contributed by atoms with van der Waals surface area (Å²) >= 11 is 0. The van der Waals surface area contributed by atoms with Gasteiger partial charge in [0.2, 0.25) is 0 Å². The van der Waals surface area contributed by atoms with Crippen molar-refractivity contribution in [2.24, 2.45) is 0 Å². The molecule has 0 rings (SSSR count). The molecule has 6 nitrogen and oxygen atoms in total. The van der Waals surface area contributed by atoms with Gasteiger partial charge in [0, 0.05) is 26.6 Å². The highest BCUT2D eigenvalue weighted by molar-refractivity contribution is 5.73. The van der Waals surface area contributed by atoms with E-state index in [1.165, 1.54) is 0 Å². The first-order chi connectivity index (χ1) is 8.93. The Morgan fingerprint density at radius 1 is 1.26 bits per heavy atom. The van der Waals surface area contributed by atoms with Crippen molar-refractivity contribution in [3.05, 3.63) is 0 Å². The fourth-order valence-corrected chi connectivity index (χ4v) is 1.44. The van der Waals surface area contributed by atoms with Gasteiger partial charge in [-0.3, -0.25) is 4.79 Å². The number of nitrogens with one attached hydrogen (secondary N) is 1. The lowest BCUT2D eigenvalue weighted by Gasteiger charge is -2.18. The number of amides is 2. The summed E-state index contributed by atoms with van der Waals surface area (Å²) in [5.41, 5.74) is 0. The number of carbonyl (C=O) groups is 2. The smallest absolute Gasteiger partial charge is 0.317 e. The van der Waals surface area contributed by atoms with Gasteiger partial charge in [-0.25, -0.2) is 4.79 Å². The Kier molecular flexibility index (Phi) is 9.88. The average molecular weight is 274 g/mol. The van der Waals surface area contributed by atoms with E-state index in [-0.39, 0.29) is 18.6 Å². The van der Waals surface area contributed by atoms with Gasteiger partial charge in [-0.05, 0) is 26.7 Å². The van der Waals surface area contributed by atoms with Gasteiger partial charge in [0.25, 0.3) is 0 Å². The van der Waals surface area contributed by atoms with E-state index in [1.54, 1.807) is 11.9 Å². The Morgan fingerprint density at radius 2 is 1.95 bits per heavy atom. The van der Waals surface area contributed by atoms with Crippen LogP contribution in [0.3, 0.4) is 0 Å². The SMILES string of the molecule is CC(C)OCCN(C)C(=O)NCCCCCC(=O)O. The molecule has 112 valence electrons. The minimum atomic E-state index is -0.770. The third kappa shape index (κ3) is 11.5. The largest absolute Gasteiger partial charge is 0.481 e. The topological polar surface area (TPSA) is 78.9 Å². The zero-order valence-corrected chi connectivity index (χ0v) is 12.1. The molecule has 0 saturated heterocycles. The van der Waals surface area contributed by atoms with Crippen LogP contribution in [-0.2, 0) is 9.53 Å². The van der Waals surface area contributed by atoms with Crippen molar-refractivity contribution in [2.75, 3.05) is 26.7 Å². The van der Waals surface area contributed by atoms with Gasteiger partial charge in [0.1, 0.15) is 0 Å². The molecule has 0 unspecified atom stereocenters. The number of carboxylic acid groups (broad SMARTS) is 1. The summed E-state index contributed by atoms with van der Waals surface area (Å²) in [4.78, 5) is 23.5. The zero-order chi connectivity index (χ0) is 14.7. The van der Waals surface area contributed by atoms with E-state index < -0.39 is 5.97 Å². The molecule has 0 spiro atoms. The quantitative estimate of drug-likeness (QED) is 0.594. The monoisotopic (exact) mass is 274 g/mol. The number of rotatable bonds is 10. The summed E-state index contributed by atoms with van der Waals surface area (Å²) in [5.74, 6) is -0.770. The van der Waals surface area contributed by atoms with Crippen LogP contribution in [0.2, 0.25) is 0 Å². The van der Waals surface area contributed by atoms with Gasteiger partial charge >= 0.3 is 12.0 Å². The van der Waals surface area contributed by atoms with E-state index in [2.05, 4.69) is 5.32 Å². The molecule has 0 aromatic carbocycles. The first-order valence-electron chi connectivity index (χ1n) is 6.76. The number of carbonyl (C=O) groups excluding carboxylic acids is 1. The normalized spacial score (nSPS) is 10.5. The van der Waals surface area contributed by atoms with Gasteiger partial charge in [-0.2, -0.15) is 0 Å². The first-order valence-corrected chi connectivity index (χ1v) is 6.76. The second kappa shape index (κ2) is 10.6. The number of hydrogen-bond donors (Lipinski definition) is 2. The van der Waals surface area contributed by atoms with Crippen molar-refractivity contribution in [3.63, 3.8) is 0 Å². The lowest BCUT2D eigenvalue weighted by Crippen LogP contribution is -2.39. The predicted molar refractivity (Wildman–Crippen MR) is 73.2 cm³/mol. The maximum absolute atomic E-state index is 11.6. The molecule has 0 aromatic rings. The molecular formula is C13H26N2O4. The van der Waals surface area contributed by atoms with Crippen LogP contribution in [0.1, 0.15) is 39.5 Å². The molecule has 0 aliphatic carbocycles. The van der Waals surface area contributed by atoms with E-state index in [4.69, 9.17) is 9.84 Å². The molecule has 0 aliphatic rings. The summed E-state index contributed by atoms with van der Waals surface area (Å²) in [7, 11) is 1.73. The molecule has 0 atom stereocenters. The molecule has 0 radical (unpaired) electrons. The summed E-state index contributed by atoms with van der Waals surface area (Å²) in [6.07, 6.45) is 2.64. The lowest BCUT2D eigenvalue weighted by atomic mass is 10.2. The van der Waals surface area contributed by atoms with Crippen LogP contribution >= 0.6 is 0 Å². The number of hydrogen-bond acceptors (Lipinski definition) is 3. The Balaban J connectivity index is 3.49. The fourth-order valence-electron chi connectivity index (χ4n) is 1.44. The maximum Gasteiger partial charge on any atom is 0.317 e. The number of carboxylic acids is 1. The van der Waals surface area contributed by atoms with Gasteiger partial charge in [0.15, 0.2) is 0 Å². The Hall–Kier alpha value is -1.30. The van der Waals surface area contributed by atoms with Crippen molar-refractivity contribution in [1.82, 2.24) is 10.2 Å². The molecule has 0 aliphatic heterocycles. The second-order valence-electron chi connectivity index (χ2n) is 4.78. The van der Waals surface area contributed by atoms with E-state index in [0.717, 1.165) is 12.8 Å². The van der Waals surface area contributed by atoms with Crippen LogP contribution in [0.25, 0.3) is 0 Å². The van der Waals surface area contributed by atoms with Crippen LogP contribution in [-0.4, -0.2) is 54.9 Å². The molecule has 0 aromatic heterocycles. The van der Waals surface area contributed by atoms with Crippen LogP contribution < -0.4 is 5.32 Å². The first kappa shape index (κ1) is 17.7. The highest BCUT2D eigenvalue weighted by Crippen LogP contribution is 1.98. The second-order valence-corrected chi connectivity index (χ2v) is 4.78. The van der Waals surface area contributed by atoms with Crippen LogP contribution in [0.5, 0.6) is 0 Å². The Morgan fingerprint density at radius 3 is 2.53 bits per heavy atom. The molecule has 2 N–H and O–H groups in total. The molecule has 0 saturated carbocycles. The van der Waals surface area contributed by atoms with Crippen molar-refractivity contribution >= 4 is 12.0 Å². The van der Waals surface area contributed by atoms with Crippen molar-refractivity contribution in [1.29, 1.82) is 0 Å². The molecule has 2 amide bonds. The maximum atomic E-state index is 11.6. The van der Waals surface area contributed by atoms with Gasteiger partial charge in [-0.1, -0.05) is 6.42 Å². The number of ether oxygens (including phenoxy) is 1. The van der Waals surface area contributed by atoms with E-state index >= 15 is 0 Å². The van der Waals surface area contributed by atoms with Gasteiger partial charge < -0.3 is 20.1 Å². The molecule has 0 bridgehead atoms. The summed E-state index contributed by atoms with van der Waals surface area (Å²) in [6.45, 7) is 5.57. The molecule has 19 heavy (non-hydrogen) atoms. The Labute approximate surface area is 115 Å². The summed E-state index contributed by atoms with van der Waals surface area (Å²) < 4.78 is 5.37. The number of nitrogens with zero attached hydrogens (tertiary/aromatic N) is 1. The molecule has 0 fully saturated rings. The van der Waals surface area contributed by atoms with Gasteiger partial charge in [0.05, 0.1) is 12.7 Å². The highest BCUT2D eigenvalue weighted by Gasteiger charge is 2.07. The van der Waals surface area contributed by atoms with Gasteiger partial charge in [-0.15, -0.1) is 0 Å². The lowest BCUT2D eigenvalue weighted by molar-refractivity contribution is -0.137. The van der Waals surface area contributed by atoms with E-state index in [0.29, 0.717) is 26.1 Å². The number of urea groups is 1. The highest BCUT2D eigenvalue weighted by atomic mass is 16.5. The fraction of sp³-hybridized carbons (Fsp3) is 0.846. The van der Waals surface area contributed by atoms with Crippen LogP contribution in [0.15, 0.2) is 0 Å². The summed E-state index contributed by atoms with van der Waals surface area (Å²) in [6, 6.07) is -0.120. The minimum absolute atomic E-state index is 0.120. The molecular weight excluding hydrogens is 248 g/mol. The predicted octanol–water partition coefficient (Wildman–Crippen LogP) is 1.70. The summed E-state index contributed by atoms with van der Waals surface area (Å²) in [5, 5.41) is 11.3. The zero-order valence-electron chi connectivity index (χ0n) is 12.1. The molecule has 0 heterocycles. The van der Waals surface area contributed by atoms with Crippen molar-refractivity contribution < 1.29 is 19.4 Å². The third-order valence-corrected chi connectivity index (χ3v) is 2.57. The number of likely N-dealkylation sites (N-methyl/N-ethyl adjacent to an activating group) is 1. The third-order valence-electron chi connectivity index (χ3n) is 2.57. The Bertz CT molecular complexity index is 269. The minimum Gasteiger partial charge on any atom is -0.481 e. The van der Waals surface area contributed by atoms with Crippen molar-refractivity contribution in [3.8, 4) is 0 Å². The van der Waals surface area contributed by atoms with Crippen molar-refractivity contribution in [2.45, 2.75) is 45.6 Å². The molecule has 6 heteroatoms. The van der Waals surface area contributed by atoms with E-state index in [9.17, 15) is 9.59 Å². The van der Waals surface area contributed by atoms with E-state index in [1.807, 2.05) is 13.8 Å². The number of unbranched alkanes of at least 4 members (excludes halogenated alkanes) is 2. The van der Waals surface area contributed by atoms with Crippen LogP contribution in [0.4, 0.5) is 4.79 Å². The average Bonchev–Trinajstić information content (AvgIpc) is 2.32. The standard InChI is InChI=1S/C13H26N2O4/c1-11(2)19-10-9-15(3)13(18)14-8-6-4-5-7-12(16)17/h11H,4-10H2,1-3H3,(H,14,18)(H,16,17). The van der Waals surface area contributed by atoms with Crippen LogP contribution in [0, 0.1) is 0 Å². The number of aliphatic carboxylic acids is 1.